The Hall–Kier alpha value is -2.58. The van der Waals surface area contributed by atoms with Crippen LogP contribution in [0.15, 0.2) is 36.7 Å². The van der Waals surface area contributed by atoms with Gasteiger partial charge in [-0.25, -0.2) is 9.78 Å². The predicted octanol–water partition coefficient (Wildman–Crippen LogP) is 1.84. The van der Waals surface area contributed by atoms with Gasteiger partial charge in [-0.2, -0.15) is 0 Å². The molecule has 1 aliphatic heterocycles. The molecular formula is C20H29ClN6O2. The fourth-order valence-corrected chi connectivity index (χ4v) is 3.30. The molecule has 8 nitrogen and oxygen atoms in total. The molecule has 0 radical (unpaired) electrons. The predicted molar refractivity (Wildman–Crippen MR) is 114 cm³/mol. The van der Waals surface area contributed by atoms with Gasteiger partial charge in [-0.1, -0.05) is 12.1 Å². The van der Waals surface area contributed by atoms with Gasteiger partial charge < -0.3 is 25.4 Å². The number of aromatic nitrogens is 2. The third-order valence-corrected chi connectivity index (χ3v) is 4.73. The van der Waals surface area contributed by atoms with Crippen LogP contribution in [-0.2, 0) is 13.6 Å². The Balaban J connectivity index is 0.00000300. The first kappa shape index (κ1) is 22.7. The summed E-state index contributed by atoms with van der Waals surface area (Å²) in [5.74, 6) is 0.865. The number of hydrogen-bond donors (Lipinski definition) is 3. The Labute approximate surface area is 177 Å². The van der Waals surface area contributed by atoms with Crippen molar-refractivity contribution in [3.63, 3.8) is 0 Å². The van der Waals surface area contributed by atoms with E-state index in [1.807, 2.05) is 60.8 Å². The molecule has 2 heterocycles. The smallest absolute Gasteiger partial charge is 0.315 e. The fourth-order valence-electron chi connectivity index (χ4n) is 3.30. The molecule has 3 N–H and O–H groups in total. The van der Waals surface area contributed by atoms with Crippen molar-refractivity contribution in [1.82, 2.24) is 30.4 Å². The van der Waals surface area contributed by atoms with E-state index < -0.39 is 0 Å². The quantitative estimate of drug-likeness (QED) is 0.688. The van der Waals surface area contributed by atoms with E-state index in [9.17, 15) is 9.59 Å². The molecule has 0 aliphatic carbocycles. The molecule has 3 rings (SSSR count). The van der Waals surface area contributed by atoms with Crippen LogP contribution >= 0.6 is 12.4 Å². The van der Waals surface area contributed by atoms with Gasteiger partial charge in [0.05, 0.1) is 0 Å². The molecule has 29 heavy (non-hydrogen) atoms. The average molecular weight is 421 g/mol. The molecule has 9 heteroatoms. The van der Waals surface area contributed by atoms with Crippen molar-refractivity contribution in [1.29, 1.82) is 0 Å². The molecule has 3 amide bonds. The summed E-state index contributed by atoms with van der Waals surface area (Å²) in [6.45, 7) is 6.32. The number of carbonyl (C=O) groups excluding carboxylic acids is 2. The van der Waals surface area contributed by atoms with Gasteiger partial charge in [-0.3, -0.25) is 4.79 Å². The summed E-state index contributed by atoms with van der Waals surface area (Å²) in [5, 5.41) is 8.94. The number of halogens is 1. The zero-order chi connectivity index (χ0) is 20.1. The number of aryl methyl sites for hydroxylation is 1. The first-order chi connectivity index (χ1) is 13.5. The van der Waals surface area contributed by atoms with Gasteiger partial charge in [-0.15, -0.1) is 12.4 Å². The second kappa shape index (κ2) is 10.3. The number of hydrogen-bond acceptors (Lipinski definition) is 4. The first-order valence-electron chi connectivity index (χ1n) is 9.58. The molecule has 1 fully saturated rings. The number of nitrogens with zero attached hydrogens (tertiary/aromatic N) is 3. The van der Waals surface area contributed by atoms with E-state index in [0.717, 1.165) is 17.9 Å². The third kappa shape index (κ3) is 5.71. The highest BCUT2D eigenvalue weighted by atomic mass is 35.5. The van der Waals surface area contributed by atoms with E-state index in [-0.39, 0.29) is 36.4 Å². The zero-order valence-electron chi connectivity index (χ0n) is 17.0. The highest BCUT2D eigenvalue weighted by Gasteiger charge is 2.30. The minimum absolute atomic E-state index is 0. The van der Waals surface area contributed by atoms with Crippen molar-refractivity contribution in [3.05, 3.63) is 53.6 Å². The molecule has 1 aromatic carbocycles. The van der Waals surface area contributed by atoms with E-state index in [4.69, 9.17) is 0 Å². The Morgan fingerprint density at radius 2 is 2.00 bits per heavy atom. The lowest BCUT2D eigenvalue weighted by Gasteiger charge is -2.35. The average Bonchev–Trinajstić information content (AvgIpc) is 3.11. The van der Waals surface area contributed by atoms with Crippen molar-refractivity contribution < 1.29 is 9.59 Å². The maximum Gasteiger partial charge on any atom is 0.315 e. The van der Waals surface area contributed by atoms with Crippen LogP contribution in [0.25, 0.3) is 0 Å². The van der Waals surface area contributed by atoms with Crippen LogP contribution in [0.4, 0.5) is 4.79 Å². The van der Waals surface area contributed by atoms with E-state index in [0.29, 0.717) is 25.2 Å². The summed E-state index contributed by atoms with van der Waals surface area (Å²) in [5.41, 5.74) is 1.58. The number of amides is 3. The Morgan fingerprint density at radius 3 is 2.62 bits per heavy atom. The monoisotopic (exact) mass is 420 g/mol. The maximum atomic E-state index is 13.1. The van der Waals surface area contributed by atoms with Crippen molar-refractivity contribution in [2.75, 3.05) is 19.6 Å². The minimum Gasteiger partial charge on any atom is -0.336 e. The highest BCUT2D eigenvalue weighted by Crippen LogP contribution is 2.23. The van der Waals surface area contributed by atoms with Crippen LogP contribution in [0.2, 0.25) is 0 Å². The molecule has 1 unspecified atom stereocenters. The zero-order valence-corrected chi connectivity index (χ0v) is 17.8. The van der Waals surface area contributed by atoms with Crippen LogP contribution in [0, 0.1) is 0 Å². The summed E-state index contributed by atoms with van der Waals surface area (Å²) in [4.78, 5) is 31.1. The minimum atomic E-state index is -0.200. The lowest BCUT2D eigenvalue weighted by atomic mass is 10.1. The third-order valence-electron chi connectivity index (χ3n) is 4.73. The van der Waals surface area contributed by atoms with Crippen LogP contribution in [0.5, 0.6) is 0 Å². The Bertz CT molecular complexity index is 821. The van der Waals surface area contributed by atoms with Gasteiger partial charge >= 0.3 is 6.03 Å². The van der Waals surface area contributed by atoms with Gasteiger partial charge in [-0.05, 0) is 31.5 Å². The number of nitrogens with one attached hydrogen (secondary N) is 3. The van der Waals surface area contributed by atoms with Crippen molar-refractivity contribution in [3.8, 4) is 0 Å². The lowest BCUT2D eigenvalue weighted by molar-refractivity contribution is 0.0621. The molecule has 1 aliphatic rings. The number of urea groups is 1. The second-order valence-electron chi connectivity index (χ2n) is 7.29. The molecule has 0 saturated carbocycles. The molecule has 0 spiro atoms. The van der Waals surface area contributed by atoms with Crippen molar-refractivity contribution >= 4 is 24.3 Å². The van der Waals surface area contributed by atoms with Crippen LogP contribution in [0.3, 0.4) is 0 Å². The molecular weight excluding hydrogens is 392 g/mol. The summed E-state index contributed by atoms with van der Waals surface area (Å²) < 4.78 is 1.95. The van der Waals surface area contributed by atoms with Gasteiger partial charge in [0, 0.05) is 57.2 Å². The Kier molecular flexibility index (Phi) is 8.04. The molecule has 2 aromatic rings. The van der Waals surface area contributed by atoms with Gasteiger partial charge in [0.2, 0.25) is 0 Å². The summed E-state index contributed by atoms with van der Waals surface area (Å²) in [7, 11) is 1.94. The summed E-state index contributed by atoms with van der Waals surface area (Å²) >= 11 is 0. The van der Waals surface area contributed by atoms with Crippen molar-refractivity contribution in [2.24, 2.45) is 7.05 Å². The van der Waals surface area contributed by atoms with Crippen LogP contribution in [0.1, 0.15) is 41.6 Å². The van der Waals surface area contributed by atoms with Gasteiger partial charge in [0.15, 0.2) is 0 Å². The number of carbonyl (C=O) groups is 2. The van der Waals surface area contributed by atoms with Gasteiger partial charge in [0.1, 0.15) is 11.9 Å². The van der Waals surface area contributed by atoms with E-state index in [2.05, 4.69) is 20.9 Å². The Morgan fingerprint density at radius 1 is 1.28 bits per heavy atom. The summed E-state index contributed by atoms with van der Waals surface area (Å²) in [6, 6.07) is 7.18. The molecule has 158 valence electrons. The number of imidazole rings is 1. The van der Waals surface area contributed by atoms with Gasteiger partial charge in [0.25, 0.3) is 5.91 Å². The molecule has 1 aromatic heterocycles. The topological polar surface area (TPSA) is 91.3 Å². The van der Waals surface area contributed by atoms with Crippen molar-refractivity contribution in [2.45, 2.75) is 32.5 Å². The molecule has 1 atom stereocenters. The van der Waals surface area contributed by atoms with E-state index >= 15 is 0 Å². The second-order valence-corrected chi connectivity index (χ2v) is 7.29. The standard InChI is InChI=1S/C20H28N6O2.ClH/c1-14(2)24-20(28)23-12-15-4-6-16(7-5-15)19(27)26-11-8-21-13-17(26)18-22-9-10-25(18)3;/h4-7,9-10,14,17,21H,8,11-13H2,1-3H3,(H2,23,24,28);1H. The fraction of sp³-hybridized carbons (Fsp3) is 0.450. The maximum absolute atomic E-state index is 13.1. The lowest BCUT2D eigenvalue weighted by Crippen LogP contribution is -2.49. The summed E-state index contributed by atoms with van der Waals surface area (Å²) in [6.07, 6.45) is 3.65. The normalized spacial score (nSPS) is 16.3. The number of benzene rings is 1. The molecule has 0 bridgehead atoms. The largest absolute Gasteiger partial charge is 0.336 e. The number of rotatable bonds is 5. The van der Waals surface area contributed by atoms with E-state index in [1.165, 1.54) is 0 Å². The van der Waals surface area contributed by atoms with E-state index in [1.54, 1.807) is 6.20 Å². The highest BCUT2D eigenvalue weighted by molar-refractivity contribution is 5.94. The first-order valence-corrected chi connectivity index (χ1v) is 9.58. The van der Waals surface area contributed by atoms with Crippen LogP contribution in [-0.4, -0.2) is 52.1 Å². The van der Waals surface area contributed by atoms with Crippen LogP contribution < -0.4 is 16.0 Å². The molecule has 1 saturated heterocycles. The SMILES string of the molecule is CC(C)NC(=O)NCc1ccc(C(=O)N2CCNCC2c2nccn2C)cc1.Cl. The number of piperazine rings is 1.